The third-order valence-electron chi connectivity index (χ3n) is 3.42. The quantitative estimate of drug-likeness (QED) is 0.242. The number of ether oxygens (including phenoxy) is 2. The van der Waals surface area contributed by atoms with Crippen molar-refractivity contribution < 1.29 is 24.2 Å². The Kier molecular flexibility index (Phi) is 8.23. The lowest BCUT2D eigenvalue weighted by atomic mass is 10.2. The molecule has 0 spiro atoms. The van der Waals surface area contributed by atoms with Gasteiger partial charge in [-0.15, -0.1) is 0 Å². The lowest BCUT2D eigenvalue weighted by molar-refractivity contribution is -0.136. The molecule has 0 heterocycles. The number of hydrogen-bond donors (Lipinski definition) is 3. The van der Waals surface area contributed by atoms with Crippen molar-refractivity contribution in [1.82, 2.24) is 5.43 Å². The summed E-state index contributed by atoms with van der Waals surface area (Å²) in [7, 11) is 0. The van der Waals surface area contributed by atoms with Gasteiger partial charge in [-0.1, -0.05) is 12.7 Å². The number of nitrogens with one attached hydrogen (secondary N) is 2. The van der Waals surface area contributed by atoms with Crippen molar-refractivity contribution in [2.45, 2.75) is 6.92 Å². The molecule has 0 aromatic heterocycles. The van der Waals surface area contributed by atoms with Crippen molar-refractivity contribution in [2.75, 3.05) is 18.5 Å². The summed E-state index contributed by atoms with van der Waals surface area (Å²) in [5, 5.41) is 16.1. The molecule has 29 heavy (non-hydrogen) atoms. The van der Waals surface area contributed by atoms with Crippen molar-refractivity contribution in [3.05, 3.63) is 59.1 Å². The minimum Gasteiger partial charge on any atom is -0.503 e. The van der Waals surface area contributed by atoms with E-state index in [-0.39, 0.29) is 11.5 Å². The van der Waals surface area contributed by atoms with E-state index in [1.807, 2.05) is 0 Å². The summed E-state index contributed by atoms with van der Waals surface area (Å²) in [6.45, 7) is 6.09. The van der Waals surface area contributed by atoms with Crippen LogP contribution in [0.2, 0.25) is 0 Å². The van der Waals surface area contributed by atoms with Gasteiger partial charge in [-0.2, -0.15) is 5.10 Å². The van der Waals surface area contributed by atoms with Crippen LogP contribution in [0, 0.1) is 0 Å². The van der Waals surface area contributed by atoms with E-state index in [2.05, 4.69) is 38.4 Å². The van der Waals surface area contributed by atoms with Crippen LogP contribution in [0.1, 0.15) is 12.5 Å². The first-order valence-electron chi connectivity index (χ1n) is 8.58. The number of amides is 2. The second-order valence-corrected chi connectivity index (χ2v) is 6.41. The summed E-state index contributed by atoms with van der Waals surface area (Å²) < 4.78 is 11.1. The van der Waals surface area contributed by atoms with E-state index < -0.39 is 11.8 Å². The Balaban J connectivity index is 1.93. The van der Waals surface area contributed by atoms with Gasteiger partial charge in [0.1, 0.15) is 12.4 Å². The molecular weight excluding hydrogens is 442 g/mol. The van der Waals surface area contributed by atoms with Crippen molar-refractivity contribution in [3.63, 3.8) is 0 Å². The minimum atomic E-state index is -0.934. The molecule has 0 aliphatic carbocycles. The molecular formula is C20H20BrN3O5. The summed E-state index contributed by atoms with van der Waals surface area (Å²) in [6.07, 6.45) is 2.94. The number of nitrogens with zero attached hydrogens (tertiary/aromatic N) is 1. The Bertz CT molecular complexity index is 913. The maximum atomic E-state index is 11.9. The first-order chi connectivity index (χ1) is 13.9. The highest BCUT2D eigenvalue weighted by Crippen LogP contribution is 2.35. The van der Waals surface area contributed by atoms with Gasteiger partial charge in [0.25, 0.3) is 0 Å². The number of phenolic OH excluding ortho intramolecular Hbond substituents is 1. The first-order valence-corrected chi connectivity index (χ1v) is 9.37. The highest BCUT2D eigenvalue weighted by Gasteiger charge is 2.13. The molecule has 0 unspecified atom stereocenters. The third-order valence-corrected chi connectivity index (χ3v) is 4.02. The monoisotopic (exact) mass is 461 g/mol. The standard InChI is InChI=1S/C20H20BrN3O5/c1-3-9-29-15-7-5-14(6-8-15)23-19(26)20(27)24-22-12-13-10-16(21)18(25)17(11-13)28-4-2/h3,5-8,10-12,25H,1,4,9H2,2H3,(H,23,26)(H,24,27)/b22-12-. The lowest BCUT2D eigenvalue weighted by Gasteiger charge is -2.08. The largest absolute Gasteiger partial charge is 0.503 e. The van der Waals surface area contributed by atoms with Gasteiger partial charge in [-0.3, -0.25) is 9.59 Å². The Morgan fingerprint density at radius 1 is 1.21 bits per heavy atom. The molecule has 2 aromatic carbocycles. The van der Waals surface area contributed by atoms with Crippen LogP contribution in [0.25, 0.3) is 0 Å². The Morgan fingerprint density at radius 3 is 2.59 bits per heavy atom. The second-order valence-electron chi connectivity index (χ2n) is 5.56. The molecule has 2 rings (SSSR count). The number of benzene rings is 2. The molecule has 9 heteroatoms. The van der Waals surface area contributed by atoms with Crippen LogP contribution in [0.15, 0.2) is 58.6 Å². The van der Waals surface area contributed by atoms with Gasteiger partial charge in [0, 0.05) is 5.69 Å². The van der Waals surface area contributed by atoms with Gasteiger partial charge in [0.2, 0.25) is 0 Å². The van der Waals surface area contributed by atoms with E-state index in [9.17, 15) is 14.7 Å². The highest BCUT2D eigenvalue weighted by atomic mass is 79.9. The number of aromatic hydroxyl groups is 1. The van der Waals surface area contributed by atoms with Crippen LogP contribution in [-0.4, -0.2) is 36.3 Å². The van der Waals surface area contributed by atoms with Crippen molar-refractivity contribution >= 4 is 39.6 Å². The maximum Gasteiger partial charge on any atom is 0.329 e. The van der Waals surface area contributed by atoms with Crippen molar-refractivity contribution in [1.29, 1.82) is 0 Å². The molecule has 0 aliphatic heterocycles. The Morgan fingerprint density at radius 2 is 1.93 bits per heavy atom. The van der Waals surface area contributed by atoms with Crippen LogP contribution in [-0.2, 0) is 9.59 Å². The van der Waals surface area contributed by atoms with Crippen LogP contribution < -0.4 is 20.2 Å². The van der Waals surface area contributed by atoms with Crippen LogP contribution >= 0.6 is 15.9 Å². The molecule has 8 nitrogen and oxygen atoms in total. The number of hydrazone groups is 1. The van der Waals surface area contributed by atoms with E-state index in [1.165, 1.54) is 6.21 Å². The summed E-state index contributed by atoms with van der Waals surface area (Å²) in [4.78, 5) is 23.8. The van der Waals surface area contributed by atoms with E-state index in [0.29, 0.717) is 34.7 Å². The molecule has 0 aliphatic rings. The minimum absolute atomic E-state index is 0.0340. The molecule has 0 saturated heterocycles. The fourth-order valence-corrected chi connectivity index (χ4v) is 2.59. The third kappa shape index (κ3) is 6.65. The second kappa shape index (κ2) is 10.9. The zero-order chi connectivity index (χ0) is 21.2. The Labute approximate surface area is 176 Å². The summed E-state index contributed by atoms with van der Waals surface area (Å²) >= 11 is 3.21. The smallest absolute Gasteiger partial charge is 0.329 e. The Hall–Kier alpha value is -3.33. The van der Waals surface area contributed by atoms with E-state index in [4.69, 9.17) is 9.47 Å². The maximum absolute atomic E-state index is 11.9. The molecule has 152 valence electrons. The number of carbonyl (C=O) groups is 2. The van der Waals surface area contributed by atoms with E-state index in [1.54, 1.807) is 49.4 Å². The van der Waals surface area contributed by atoms with Crippen LogP contribution in [0.3, 0.4) is 0 Å². The fourth-order valence-electron chi connectivity index (χ4n) is 2.13. The SMILES string of the molecule is C=CCOc1ccc(NC(=O)C(=O)N/N=C\c2cc(Br)c(O)c(OCC)c2)cc1. The average molecular weight is 462 g/mol. The van der Waals surface area contributed by atoms with Gasteiger partial charge < -0.3 is 19.9 Å². The number of phenols is 1. The van der Waals surface area contributed by atoms with Crippen LogP contribution in [0.5, 0.6) is 17.2 Å². The highest BCUT2D eigenvalue weighted by molar-refractivity contribution is 9.10. The van der Waals surface area contributed by atoms with Gasteiger partial charge in [0.05, 0.1) is 17.3 Å². The number of rotatable bonds is 8. The molecule has 2 aromatic rings. The number of carbonyl (C=O) groups excluding carboxylic acids is 2. The number of anilines is 1. The molecule has 0 atom stereocenters. The summed E-state index contributed by atoms with van der Waals surface area (Å²) in [5.41, 5.74) is 3.12. The van der Waals surface area contributed by atoms with Gasteiger partial charge >= 0.3 is 11.8 Å². The molecule has 2 amide bonds. The predicted octanol–water partition coefficient (Wildman–Crippen LogP) is 3.21. The number of hydrogen-bond acceptors (Lipinski definition) is 6. The normalized spacial score (nSPS) is 10.4. The zero-order valence-corrected chi connectivity index (χ0v) is 17.2. The van der Waals surface area contributed by atoms with Crippen molar-refractivity contribution in [3.8, 4) is 17.2 Å². The molecule has 0 fully saturated rings. The molecule has 0 saturated carbocycles. The molecule has 3 N–H and O–H groups in total. The number of halogens is 1. The molecule has 0 bridgehead atoms. The van der Waals surface area contributed by atoms with Gasteiger partial charge in [0.15, 0.2) is 11.5 Å². The van der Waals surface area contributed by atoms with Crippen LogP contribution in [0.4, 0.5) is 5.69 Å². The summed E-state index contributed by atoms with van der Waals surface area (Å²) in [5.74, 6) is -0.954. The summed E-state index contributed by atoms with van der Waals surface area (Å²) in [6, 6.07) is 9.67. The predicted molar refractivity (Wildman–Crippen MR) is 113 cm³/mol. The topological polar surface area (TPSA) is 109 Å². The van der Waals surface area contributed by atoms with E-state index in [0.717, 1.165) is 0 Å². The molecule has 0 radical (unpaired) electrons. The average Bonchev–Trinajstić information content (AvgIpc) is 2.71. The lowest BCUT2D eigenvalue weighted by Crippen LogP contribution is -2.32. The first kappa shape index (κ1) is 22.0. The van der Waals surface area contributed by atoms with Crippen molar-refractivity contribution in [2.24, 2.45) is 5.10 Å². The van der Waals surface area contributed by atoms with E-state index >= 15 is 0 Å². The fraction of sp³-hybridized carbons (Fsp3) is 0.150. The van der Waals surface area contributed by atoms with Gasteiger partial charge in [-0.25, -0.2) is 5.43 Å². The zero-order valence-electron chi connectivity index (χ0n) is 15.6. The van der Waals surface area contributed by atoms with Gasteiger partial charge in [-0.05, 0) is 64.8 Å².